The first-order valence-corrected chi connectivity index (χ1v) is 8.61. The van der Waals surface area contributed by atoms with Gasteiger partial charge in [0.15, 0.2) is 0 Å². The standard InChI is InChI=1S/C18H29N3/c1-14-6-3-4-9-18(14)21(2)13-17-8-5-7-16(20-17)12-19-15-10-11-15/h5,7-8,14-15,18-19H,3-4,6,9-13H2,1-2H3. The number of hydrogen-bond acceptors (Lipinski definition) is 3. The molecule has 0 amide bonds. The van der Waals surface area contributed by atoms with E-state index in [0.29, 0.717) is 0 Å². The van der Waals surface area contributed by atoms with E-state index in [-0.39, 0.29) is 0 Å². The van der Waals surface area contributed by atoms with Gasteiger partial charge in [-0.05, 0) is 50.8 Å². The molecule has 2 atom stereocenters. The van der Waals surface area contributed by atoms with Crippen LogP contribution in [0.2, 0.25) is 0 Å². The summed E-state index contributed by atoms with van der Waals surface area (Å²) in [5.74, 6) is 0.823. The monoisotopic (exact) mass is 287 g/mol. The fraction of sp³-hybridized carbons (Fsp3) is 0.722. The van der Waals surface area contributed by atoms with Gasteiger partial charge in [-0.1, -0.05) is 25.8 Å². The van der Waals surface area contributed by atoms with Crippen LogP contribution in [0.5, 0.6) is 0 Å². The summed E-state index contributed by atoms with van der Waals surface area (Å²) >= 11 is 0. The molecule has 2 fully saturated rings. The number of rotatable bonds is 6. The van der Waals surface area contributed by atoms with Crippen molar-refractivity contribution in [2.45, 2.75) is 70.6 Å². The van der Waals surface area contributed by atoms with Crippen LogP contribution in [0, 0.1) is 5.92 Å². The Bertz CT molecular complexity index is 456. The third-order valence-electron chi connectivity index (χ3n) is 5.06. The molecule has 3 rings (SSSR count). The lowest BCUT2D eigenvalue weighted by molar-refractivity contribution is 0.132. The predicted octanol–water partition coefficient (Wildman–Crippen LogP) is 3.34. The smallest absolute Gasteiger partial charge is 0.0547 e. The average molecular weight is 287 g/mol. The molecule has 0 saturated heterocycles. The summed E-state index contributed by atoms with van der Waals surface area (Å²) in [5, 5.41) is 3.55. The molecule has 2 aliphatic carbocycles. The van der Waals surface area contributed by atoms with Crippen LogP contribution in [0.4, 0.5) is 0 Å². The van der Waals surface area contributed by atoms with Gasteiger partial charge in [0, 0.05) is 25.2 Å². The second kappa shape index (κ2) is 6.89. The van der Waals surface area contributed by atoms with E-state index < -0.39 is 0 Å². The van der Waals surface area contributed by atoms with E-state index >= 15 is 0 Å². The van der Waals surface area contributed by atoms with E-state index in [4.69, 9.17) is 4.98 Å². The third-order valence-corrected chi connectivity index (χ3v) is 5.06. The molecule has 0 radical (unpaired) electrons. The quantitative estimate of drug-likeness (QED) is 0.869. The van der Waals surface area contributed by atoms with Crippen LogP contribution in [0.1, 0.15) is 56.8 Å². The summed E-state index contributed by atoms with van der Waals surface area (Å²) in [7, 11) is 2.27. The zero-order chi connectivity index (χ0) is 14.7. The van der Waals surface area contributed by atoms with Gasteiger partial charge in [0.25, 0.3) is 0 Å². The first-order chi connectivity index (χ1) is 10.2. The molecule has 0 aliphatic heterocycles. The summed E-state index contributed by atoms with van der Waals surface area (Å²) in [6.45, 7) is 4.30. The van der Waals surface area contributed by atoms with Gasteiger partial charge in [-0.25, -0.2) is 0 Å². The lowest BCUT2D eigenvalue weighted by atomic mass is 9.85. The molecular weight excluding hydrogens is 258 g/mol. The number of hydrogen-bond donors (Lipinski definition) is 1. The van der Waals surface area contributed by atoms with Gasteiger partial charge in [-0.15, -0.1) is 0 Å². The van der Waals surface area contributed by atoms with Gasteiger partial charge in [0.2, 0.25) is 0 Å². The summed E-state index contributed by atoms with van der Waals surface area (Å²) in [6, 6.07) is 7.95. The SMILES string of the molecule is CC1CCCCC1N(C)Cc1cccc(CNC2CC2)n1. The fourth-order valence-corrected chi connectivity index (χ4v) is 3.58. The number of nitrogens with one attached hydrogen (secondary N) is 1. The van der Waals surface area contributed by atoms with E-state index in [9.17, 15) is 0 Å². The Kier molecular flexibility index (Phi) is 4.91. The van der Waals surface area contributed by atoms with E-state index in [0.717, 1.165) is 31.1 Å². The minimum absolute atomic E-state index is 0.730. The molecule has 3 heteroatoms. The highest BCUT2D eigenvalue weighted by Crippen LogP contribution is 2.28. The van der Waals surface area contributed by atoms with Crippen molar-refractivity contribution in [3.05, 3.63) is 29.6 Å². The molecule has 0 aromatic carbocycles. The number of pyridine rings is 1. The molecular formula is C18H29N3. The van der Waals surface area contributed by atoms with E-state index in [1.807, 2.05) is 0 Å². The molecule has 0 bridgehead atoms. The Morgan fingerprint density at radius 3 is 2.67 bits per heavy atom. The first-order valence-electron chi connectivity index (χ1n) is 8.61. The lowest BCUT2D eigenvalue weighted by Gasteiger charge is -2.36. The highest BCUT2D eigenvalue weighted by atomic mass is 15.1. The first kappa shape index (κ1) is 15.0. The van der Waals surface area contributed by atoms with Gasteiger partial charge in [-0.3, -0.25) is 9.88 Å². The average Bonchev–Trinajstić information content (AvgIpc) is 3.30. The maximum atomic E-state index is 4.83. The Morgan fingerprint density at radius 1 is 1.14 bits per heavy atom. The highest BCUT2D eigenvalue weighted by molar-refractivity contribution is 5.11. The van der Waals surface area contributed by atoms with E-state index in [1.54, 1.807) is 0 Å². The van der Waals surface area contributed by atoms with E-state index in [2.05, 4.69) is 42.4 Å². The summed E-state index contributed by atoms with van der Waals surface area (Å²) in [6.07, 6.45) is 8.20. The van der Waals surface area contributed by atoms with Crippen LogP contribution in [0.3, 0.4) is 0 Å². The number of aromatic nitrogens is 1. The molecule has 0 spiro atoms. The van der Waals surface area contributed by atoms with Crippen LogP contribution in [-0.2, 0) is 13.1 Å². The zero-order valence-electron chi connectivity index (χ0n) is 13.5. The van der Waals surface area contributed by atoms with E-state index in [1.165, 1.54) is 49.9 Å². The second-order valence-electron chi connectivity index (χ2n) is 7.02. The molecule has 3 nitrogen and oxygen atoms in total. The minimum Gasteiger partial charge on any atom is -0.308 e. The Labute approximate surface area is 129 Å². The zero-order valence-corrected chi connectivity index (χ0v) is 13.5. The molecule has 1 aromatic heterocycles. The Morgan fingerprint density at radius 2 is 1.90 bits per heavy atom. The molecule has 1 N–H and O–H groups in total. The molecule has 21 heavy (non-hydrogen) atoms. The van der Waals surface area contributed by atoms with Crippen LogP contribution >= 0.6 is 0 Å². The molecule has 2 aliphatic rings. The minimum atomic E-state index is 0.730. The van der Waals surface area contributed by atoms with Gasteiger partial charge in [0.05, 0.1) is 11.4 Å². The summed E-state index contributed by atoms with van der Waals surface area (Å²) in [5.41, 5.74) is 2.40. The third kappa shape index (κ3) is 4.27. The van der Waals surface area contributed by atoms with Gasteiger partial charge >= 0.3 is 0 Å². The number of nitrogens with zero attached hydrogens (tertiary/aromatic N) is 2. The van der Waals surface area contributed by atoms with Crippen molar-refractivity contribution in [3.8, 4) is 0 Å². The normalized spacial score (nSPS) is 26.2. The largest absolute Gasteiger partial charge is 0.308 e. The highest BCUT2D eigenvalue weighted by Gasteiger charge is 2.25. The van der Waals surface area contributed by atoms with Crippen LogP contribution in [0.15, 0.2) is 18.2 Å². The summed E-state index contributed by atoms with van der Waals surface area (Å²) in [4.78, 5) is 7.35. The van der Waals surface area contributed by atoms with Gasteiger partial charge in [0.1, 0.15) is 0 Å². The van der Waals surface area contributed by atoms with Crippen LogP contribution in [0.25, 0.3) is 0 Å². The van der Waals surface area contributed by atoms with Gasteiger partial charge < -0.3 is 5.32 Å². The van der Waals surface area contributed by atoms with Crippen molar-refractivity contribution < 1.29 is 0 Å². The second-order valence-corrected chi connectivity index (χ2v) is 7.02. The van der Waals surface area contributed by atoms with Gasteiger partial charge in [-0.2, -0.15) is 0 Å². The maximum absolute atomic E-state index is 4.83. The Balaban J connectivity index is 1.56. The molecule has 2 saturated carbocycles. The lowest BCUT2D eigenvalue weighted by Crippen LogP contribution is -2.38. The molecule has 1 aromatic rings. The van der Waals surface area contributed by atoms with Crippen molar-refractivity contribution in [2.24, 2.45) is 5.92 Å². The van der Waals surface area contributed by atoms with Crippen LogP contribution in [-0.4, -0.2) is 29.0 Å². The predicted molar refractivity (Wildman–Crippen MR) is 87.0 cm³/mol. The summed E-state index contributed by atoms with van der Waals surface area (Å²) < 4.78 is 0. The molecule has 1 heterocycles. The van der Waals surface area contributed by atoms with Crippen molar-refractivity contribution >= 4 is 0 Å². The molecule has 2 unspecified atom stereocenters. The van der Waals surface area contributed by atoms with Crippen molar-refractivity contribution in [2.75, 3.05) is 7.05 Å². The van der Waals surface area contributed by atoms with Crippen molar-refractivity contribution in [3.63, 3.8) is 0 Å². The van der Waals surface area contributed by atoms with Crippen molar-refractivity contribution in [1.29, 1.82) is 0 Å². The molecule has 116 valence electrons. The Hall–Kier alpha value is -0.930. The topological polar surface area (TPSA) is 28.2 Å². The maximum Gasteiger partial charge on any atom is 0.0547 e. The fourth-order valence-electron chi connectivity index (χ4n) is 3.58. The van der Waals surface area contributed by atoms with Crippen molar-refractivity contribution in [1.82, 2.24) is 15.2 Å². The van der Waals surface area contributed by atoms with Crippen LogP contribution < -0.4 is 5.32 Å².